The van der Waals surface area contributed by atoms with Gasteiger partial charge in [-0.05, 0) is 60.2 Å². The van der Waals surface area contributed by atoms with E-state index in [1.807, 2.05) is 17.0 Å². The second-order valence-corrected chi connectivity index (χ2v) is 9.38. The molecule has 2 aromatic carbocycles. The van der Waals surface area contributed by atoms with Gasteiger partial charge in [-0.2, -0.15) is 0 Å². The predicted octanol–water partition coefficient (Wildman–Crippen LogP) is 4.19. The Bertz CT molecular complexity index is 971. The Hall–Kier alpha value is -2.73. The van der Waals surface area contributed by atoms with Gasteiger partial charge in [0.25, 0.3) is 0 Å². The lowest BCUT2D eigenvalue weighted by molar-refractivity contribution is 0.158. The normalized spacial score (nSPS) is 24.9. The summed E-state index contributed by atoms with van der Waals surface area (Å²) in [6.07, 6.45) is 5.46. The summed E-state index contributed by atoms with van der Waals surface area (Å²) >= 11 is 0. The van der Waals surface area contributed by atoms with E-state index in [2.05, 4.69) is 47.6 Å². The minimum Gasteiger partial charge on any atom is -0.497 e. The number of aliphatic hydroxyl groups excluding tert-OH is 1. The lowest BCUT2D eigenvalue weighted by atomic mass is 9.81. The van der Waals surface area contributed by atoms with Crippen molar-refractivity contribution in [3.63, 3.8) is 0 Å². The fourth-order valence-corrected chi connectivity index (χ4v) is 5.97. The number of ether oxygens (including phenoxy) is 1. The quantitative estimate of drug-likeness (QED) is 0.756. The van der Waals surface area contributed by atoms with Crippen LogP contribution in [-0.4, -0.2) is 55.4 Å². The van der Waals surface area contributed by atoms with Crippen molar-refractivity contribution in [3.8, 4) is 16.9 Å². The van der Waals surface area contributed by atoms with Gasteiger partial charge in [0.2, 0.25) is 0 Å². The molecule has 2 amide bonds. The Morgan fingerprint density at radius 1 is 1.09 bits per heavy atom. The highest BCUT2D eigenvalue weighted by atomic mass is 16.5. The van der Waals surface area contributed by atoms with E-state index in [-0.39, 0.29) is 30.6 Å². The SMILES string of the molecule is COc1ccc(-c2ccc3c(c2)[C@@H]2[C@@H](CCN2C(=O)NC2CCCC2)[C@H](CO)N3C)cc1. The molecule has 1 saturated heterocycles. The Labute approximate surface area is 190 Å². The summed E-state index contributed by atoms with van der Waals surface area (Å²) in [6, 6.07) is 14.9. The molecule has 2 heterocycles. The van der Waals surface area contributed by atoms with Gasteiger partial charge in [0.1, 0.15) is 5.75 Å². The van der Waals surface area contributed by atoms with E-state index in [0.29, 0.717) is 6.04 Å². The zero-order valence-electron chi connectivity index (χ0n) is 19.0. The molecule has 0 radical (unpaired) electrons. The van der Waals surface area contributed by atoms with E-state index in [4.69, 9.17) is 4.74 Å². The van der Waals surface area contributed by atoms with Gasteiger partial charge in [0, 0.05) is 31.2 Å². The molecular formula is C26H33N3O3. The highest BCUT2D eigenvalue weighted by molar-refractivity contribution is 5.78. The number of hydrogen-bond donors (Lipinski definition) is 2. The summed E-state index contributed by atoms with van der Waals surface area (Å²) in [7, 11) is 3.73. The van der Waals surface area contributed by atoms with Crippen LogP contribution in [0.4, 0.5) is 10.5 Å². The first-order chi connectivity index (χ1) is 15.6. The number of hydrogen-bond acceptors (Lipinski definition) is 4. The van der Waals surface area contributed by atoms with Gasteiger partial charge in [0.05, 0.1) is 25.8 Å². The monoisotopic (exact) mass is 435 g/mol. The average molecular weight is 436 g/mol. The number of likely N-dealkylation sites (N-methyl/N-ethyl adjacent to an activating group) is 1. The van der Waals surface area contributed by atoms with Crippen molar-refractivity contribution >= 4 is 11.7 Å². The number of aliphatic hydroxyl groups is 1. The number of nitrogens with zero attached hydrogens (tertiary/aromatic N) is 2. The fraction of sp³-hybridized carbons (Fsp3) is 0.500. The Balaban J connectivity index is 1.51. The number of rotatable bonds is 4. The first kappa shape index (κ1) is 21.1. The third-order valence-electron chi connectivity index (χ3n) is 7.72. The third kappa shape index (κ3) is 3.60. The molecule has 1 saturated carbocycles. The lowest BCUT2D eigenvalue weighted by Crippen LogP contribution is -2.50. The Kier molecular flexibility index (Phi) is 5.72. The van der Waals surface area contributed by atoms with E-state index >= 15 is 0 Å². The van der Waals surface area contributed by atoms with Crippen molar-refractivity contribution in [2.24, 2.45) is 5.92 Å². The molecule has 6 heteroatoms. The number of amides is 2. The van der Waals surface area contributed by atoms with Crippen molar-refractivity contribution in [1.29, 1.82) is 0 Å². The maximum absolute atomic E-state index is 13.3. The molecule has 0 unspecified atom stereocenters. The van der Waals surface area contributed by atoms with Crippen LogP contribution >= 0.6 is 0 Å². The van der Waals surface area contributed by atoms with E-state index in [0.717, 1.165) is 48.4 Å². The van der Waals surface area contributed by atoms with Gasteiger partial charge in [0.15, 0.2) is 0 Å². The predicted molar refractivity (Wildman–Crippen MR) is 126 cm³/mol. The Morgan fingerprint density at radius 2 is 1.81 bits per heavy atom. The number of likely N-dealkylation sites (tertiary alicyclic amines) is 1. The number of benzene rings is 2. The van der Waals surface area contributed by atoms with Crippen LogP contribution in [0.25, 0.3) is 11.1 Å². The molecule has 2 aromatic rings. The van der Waals surface area contributed by atoms with Gasteiger partial charge in [-0.3, -0.25) is 0 Å². The summed E-state index contributed by atoms with van der Waals surface area (Å²) < 4.78 is 5.30. The molecule has 6 nitrogen and oxygen atoms in total. The molecule has 0 spiro atoms. The van der Waals surface area contributed by atoms with Gasteiger partial charge in [-0.25, -0.2) is 4.79 Å². The van der Waals surface area contributed by atoms with E-state index in [1.165, 1.54) is 18.4 Å². The highest BCUT2D eigenvalue weighted by Gasteiger charge is 2.48. The lowest BCUT2D eigenvalue weighted by Gasteiger charge is -2.44. The number of carbonyl (C=O) groups is 1. The van der Waals surface area contributed by atoms with Crippen LogP contribution in [-0.2, 0) is 0 Å². The number of fused-ring (bicyclic) bond motifs is 3. The molecule has 1 aliphatic carbocycles. The highest BCUT2D eigenvalue weighted by Crippen LogP contribution is 2.49. The van der Waals surface area contributed by atoms with Crippen LogP contribution in [0.15, 0.2) is 42.5 Å². The topological polar surface area (TPSA) is 65.0 Å². The molecule has 0 aromatic heterocycles. The molecule has 5 rings (SSSR count). The number of carbonyl (C=O) groups excluding carboxylic acids is 1. The molecule has 170 valence electrons. The molecule has 2 aliphatic heterocycles. The van der Waals surface area contributed by atoms with Crippen molar-refractivity contribution in [2.45, 2.75) is 50.2 Å². The molecule has 3 atom stereocenters. The molecule has 32 heavy (non-hydrogen) atoms. The summed E-state index contributed by atoms with van der Waals surface area (Å²) in [4.78, 5) is 17.5. The molecular weight excluding hydrogens is 402 g/mol. The summed E-state index contributed by atoms with van der Waals surface area (Å²) in [5.41, 5.74) is 4.53. The molecule has 2 N–H and O–H groups in total. The van der Waals surface area contributed by atoms with Crippen LogP contribution in [0.3, 0.4) is 0 Å². The van der Waals surface area contributed by atoms with E-state index < -0.39 is 0 Å². The van der Waals surface area contributed by atoms with Gasteiger partial charge < -0.3 is 25.0 Å². The minimum atomic E-state index is -0.0158. The second kappa shape index (κ2) is 8.66. The van der Waals surface area contributed by atoms with Crippen LogP contribution < -0.4 is 15.0 Å². The third-order valence-corrected chi connectivity index (χ3v) is 7.72. The summed E-state index contributed by atoms with van der Waals surface area (Å²) in [6.45, 7) is 0.819. The first-order valence-electron chi connectivity index (χ1n) is 11.8. The Morgan fingerprint density at radius 3 is 2.50 bits per heavy atom. The van der Waals surface area contributed by atoms with Crippen LogP contribution in [0.5, 0.6) is 5.75 Å². The van der Waals surface area contributed by atoms with Crippen molar-refractivity contribution in [1.82, 2.24) is 10.2 Å². The van der Waals surface area contributed by atoms with Crippen LogP contribution in [0.2, 0.25) is 0 Å². The standard InChI is InChI=1S/C26H33N3O3/c1-28-23-12-9-18(17-7-10-20(32-2)11-8-17)15-22(23)25-21(24(28)16-30)13-14-29(25)26(31)27-19-5-3-4-6-19/h7-12,15,19,21,24-25,30H,3-6,13-14,16H2,1-2H3,(H,27,31)/t21-,24-,25-/m0/s1. The number of methoxy groups -OCH3 is 1. The van der Waals surface area contributed by atoms with Crippen LogP contribution in [0, 0.1) is 5.92 Å². The van der Waals surface area contributed by atoms with E-state index in [1.54, 1.807) is 7.11 Å². The van der Waals surface area contributed by atoms with Gasteiger partial charge in [-0.15, -0.1) is 0 Å². The first-order valence-corrected chi connectivity index (χ1v) is 11.8. The van der Waals surface area contributed by atoms with Crippen LogP contribution in [0.1, 0.15) is 43.7 Å². The minimum absolute atomic E-state index is 0.0158. The second-order valence-electron chi connectivity index (χ2n) is 9.38. The smallest absolute Gasteiger partial charge is 0.318 e. The number of nitrogens with one attached hydrogen (secondary N) is 1. The van der Waals surface area contributed by atoms with Crippen molar-refractivity contribution in [2.75, 3.05) is 32.2 Å². The maximum atomic E-state index is 13.3. The van der Waals surface area contributed by atoms with Gasteiger partial charge >= 0.3 is 6.03 Å². The summed E-state index contributed by atoms with van der Waals surface area (Å²) in [5.74, 6) is 1.06. The molecule has 3 aliphatic rings. The molecule has 2 fully saturated rings. The van der Waals surface area contributed by atoms with Crippen molar-refractivity contribution < 1.29 is 14.6 Å². The number of urea groups is 1. The molecule has 0 bridgehead atoms. The van der Waals surface area contributed by atoms with Gasteiger partial charge in [-0.1, -0.05) is 31.0 Å². The number of anilines is 1. The fourth-order valence-electron chi connectivity index (χ4n) is 5.97. The zero-order chi connectivity index (χ0) is 22.2. The zero-order valence-corrected chi connectivity index (χ0v) is 19.0. The summed E-state index contributed by atoms with van der Waals surface area (Å²) in [5, 5.41) is 13.5. The largest absolute Gasteiger partial charge is 0.497 e. The average Bonchev–Trinajstić information content (AvgIpc) is 3.49. The van der Waals surface area contributed by atoms with Crippen molar-refractivity contribution in [3.05, 3.63) is 48.0 Å². The maximum Gasteiger partial charge on any atom is 0.318 e. The van der Waals surface area contributed by atoms with E-state index in [9.17, 15) is 9.90 Å².